The molecule has 3 aromatic carbocycles. The number of nitrogens with one attached hydrogen (secondary N) is 1. The molecule has 6 heteroatoms. The van der Waals surface area contributed by atoms with Crippen LogP contribution in [0.5, 0.6) is 0 Å². The van der Waals surface area contributed by atoms with Crippen molar-refractivity contribution in [3.05, 3.63) is 115 Å². The third kappa shape index (κ3) is 4.60. The first-order valence-corrected chi connectivity index (χ1v) is 10.8. The molecule has 0 aliphatic heterocycles. The Bertz CT molecular complexity index is 1310. The molecule has 33 heavy (non-hydrogen) atoms. The number of nitrogens with two attached hydrogens (primary N) is 1. The van der Waals surface area contributed by atoms with E-state index in [1.165, 1.54) is 11.1 Å². The summed E-state index contributed by atoms with van der Waals surface area (Å²) in [6.07, 6.45) is 3.33. The molecule has 162 valence electrons. The second kappa shape index (κ2) is 9.36. The molecule has 0 bridgehead atoms. The summed E-state index contributed by atoms with van der Waals surface area (Å²) in [6, 6.07) is 30.6. The third-order valence-electron chi connectivity index (χ3n) is 5.48. The van der Waals surface area contributed by atoms with Crippen LogP contribution < -0.4 is 16.0 Å². The van der Waals surface area contributed by atoms with Crippen molar-refractivity contribution in [3.63, 3.8) is 0 Å². The molecule has 2 aromatic heterocycles. The molecule has 6 nitrogen and oxygen atoms in total. The topological polar surface area (TPSA) is 80.0 Å². The van der Waals surface area contributed by atoms with Gasteiger partial charge >= 0.3 is 0 Å². The minimum atomic E-state index is 0.497. The van der Waals surface area contributed by atoms with E-state index >= 15 is 0 Å². The van der Waals surface area contributed by atoms with Crippen molar-refractivity contribution >= 4 is 33.9 Å². The van der Waals surface area contributed by atoms with E-state index in [0.717, 1.165) is 16.6 Å². The molecule has 0 saturated heterocycles. The van der Waals surface area contributed by atoms with Crippen molar-refractivity contribution in [2.45, 2.75) is 13.1 Å². The Kier molecular flexibility index (Phi) is 5.80. The zero-order valence-electron chi connectivity index (χ0n) is 18.1. The quantitative estimate of drug-likeness (QED) is 0.351. The number of pyridine rings is 1. The van der Waals surface area contributed by atoms with Crippen molar-refractivity contribution in [2.75, 3.05) is 16.0 Å². The standard InChI is InChI=1S/C27H24N6/c28-24-26(32-23-15-7-13-22-14-8-16-29-25(22)23)30-19-31-27(24)33(17-20-9-3-1-4-10-20)18-21-11-5-2-6-12-21/h1-16,19H,17-18,28H2,(H,30,31,32). The smallest absolute Gasteiger partial charge is 0.159 e. The molecule has 0 aliphatic rings. The van der Waals surface area contributed by atoms with Crippen LogP contribution in [0.3, 0.4) is 0 Å². The summed E-state index contributed by atoms with van der Waals surface area (Å²) in [7, 11) is 0. The normalized spacial score (nSPS) is 10.8. The van der Waals surface area contributed by atoms with Gasteiger partial charge in [-0.15, -0.1) is 0 Å². The number of hydrogen-bond donors (Lipinski definition) is 2. The van der Waals surface area contributed by atoms with Crippen LogP contribution in [0.15, 0.2) is 104 Å². The summed E-state index contributed by atoms with van der Waals surface area (Å²) < 4.78 is 0. The van der Waals surface area contributed by atoms with Crippen LogP contribution in [0.25, 0.3) is 10.9 Å². The zero-order valence-corrected chi connectivity index (χ0v) is 18.1. The Morgan fingerprint density at radius 2 is 1.36 bits per heavy atom. The molecule has 0 atom stereocenters. The molecule has 5 rings (SSSR count). The highest BCUT2D eigenvalue weighted by molar-refractivity contribution is 5.93. The molecule has 0 saturated carbocycles. The van der Waals surface area contributed by atoms with Crippen molar-refractivity contribution in [3.8, 4) is 0 Å². The lowest BCUT2D eigenvalue weighted by Gasteiger charge is -2.26. The maximum atomic E-state index is 6.63. The van der Waals surface area contributed by atoms with Gasteiger partial charge in [0.05, 0.1) is 11.2 Å². The maximum Gasteiger partial charge on any atom is 0.159 e. The molecule has 0 spiro atoms. The van der Waals surface area contributed by atoms with Crippen molar-refractivity contribution in [2.24, 2.45) is 0 Å². The van der Waals surface area contributed by atoms with Crippen LogP contribution >= 0.6 is 0 Å². The van der Waals surface area contributed by atoms with Crippen LogP contribution in [0.1, 0.15) is 11.1 Å². The molecule has 5 aromatic rings. The summed E-state index contributed by atoms with van der Waals surface area (Å²) >= 11 is 0. The van der Waals surface area contributed by atoms with E-state index in [4.69, 9.17) is 5.73 Å². The number of nitrogen functional groups attached to an aromatic ring is 1. The van der Waals surface area contributed by atoms with Gasteiger partial charge in [0.15, 0.2) is 11.6 Å². The fourth-order valence-electron chi connectivity index (χ4n) is 3.88. The SMILES string of the molecule is Nc1c(Nc2cccc3cccnc23)ncnc1N(Cc1ccccc1)Cc1ccccc1. The van der Waals surface area contributed by atoms with E-state index in [1.54, 1.807) is 12.5 Å². The van der Waals surface area contributed by atoms with Gasteiger partial charge in [-0.25, -0.2) is 9.97 Å². The second-order valence-corrected chi connectivity index (χ2v) is 7.79. The Hall–Kier alpha value is -4.45. The van der Waals surface area contributed by atoms with Gasteiger partial charge < -0.3 is 16.0 Å². The lowest BCUT2D eigenvalue weighted by Crippen LogP contribution is -2.24. The van der Waals surface area contributed by atoms with E-state index in [9.17, 15) is 0 Å². The average Bonchev–Trinajstić information content (AvgIpc) is 2.86. The lowest BCUT2D eigenvalue weighted by atomic mass is 10.1. The number of para-hydroxylation sites is 1. The van der Waals surface area contributed by atoms with Crippen LogP contribution in [-0.4, -0.2) is 15.0 Å². The van der Waals surface area contributed by atoms with Crippen molar-refractivity contribution in [1.29, 1.82) is 0 Å². The average molecular weight is 433 g/mol. The highest BCUT2D eigenvalue weighted by atomic mass is 15.2. The maximum absolute atomic E-state index is 6.63. The summed E-state index contributed by atoms with van der Waals surface area (Å²) in [5.41, 5.74) is 11.2. The van der Waals surface area contributed by atoms with Crippen molar-refractivity contribution in [1.82, 2.24) is 15.0 Å². The number of aromatic nitrogens is 3. The molecular formula is C27H24N6. The molecule has 0 unspecified atom stereocenters. The number of anilines is 4. The van der Waals surface area contributed by atoms with E-state index in [0.29, 0.717) is 30.4 Å². The largest absolute Gasteiger partial charge is 0.393 e. The number of fused-ring (bicyclic) bond motifs is 1. The number of nitrogens with zero attached hydrogens (tertiary/aromatic N) is 4. The fourth-order valence-corrected chi connectivity index (χ4v) is 3.88. The van der Waals surface area contributed by atoms with E-state index in [-0.39, 0.29) is 0 Å². The zero-order chi connectivity index (χ0) is 22.5. The second-order valence-electron chi connectivity index (χ2n) is 7.79. The molecule has 0 amide bonds. The van der Waals surface area contributed by atoms with Gasteiger partial charge in [-0.3, -0.25) is 4.98 Å². The Morgan fingerprint density at radius 1 is 0.697 bits per heavy atom. The summed E-state index contributed by atoms with van der Waals surface area (Å²) in [6.45, 7) is 1.35. The van der Waals surface area contributed by atoms with E-state index < -0.39 is 0 Å². The highest BCUT2D eigenvalue weighted by Crippen LogP contribution is 2.32. The predicted molar refractivity (Wildman–Crippen MR) is 134 cm³/mol. The Morgan fingerprint density at radius 3 is 2.06 bits per heavy atom. The molecular weight excluding hydrogens is 408 g/mol. The highest BCUT2D eigenvalue weighted by Gasteiger charge is 2.17. The first-order valence-electron chi connectivity index (χ1n) is 10.8. The molecule has 0 radical (unpaired) electrons. The van der Waals surface area contributed by atoms with E-state index in [1.807, 2.05) is 66.7 Å². The molecule has 3 N–H and O–H groups in total. The van der Waals surface area contributed by atoms with Gasteiger partial charge in [-0.05, 0) is 23.3 Å². The molecule has 2 heterocycles. The van der Waals surface area contributed by atoms with Gasteiger partial charge in [0.1, 0.15) is 12.0 Å². The minimum absolute atomic E-state index is 0.497. The van der Waals surface area contributed by atoms with Crippen LogP contribution in [-0.2, 0) is 13.1 Å². The number of rotatable bonds is 7. The number of hydrogen-bond acceptors (Lipinski definition) is 6. The lowest BCUT2D eigenvalue weighted by molar-refractivity contribution is 0.782. The van der Waals surface area contributed by atoms with Gasteiger partial charge in [-0.2, -0.15) is 0 Å². The van der Waals surface area contributed by atoms with Crippen LogP contribution in [0, 0.1) is 0 Å². The molecule has 0 fully saturated rings. The third-order valence-corrected chi connectivity index (χ3v) is 5.48. The molecule has 0 aliphatic carbocycles. The first kappa shape index (κ1) is 20.5. The number of benzene rings is 3. The van der Waals surface area contributed by atoms with Crippen LogP contribution in [0.2, 0.25) is 0 Å². The monoisotopic (exact) mass is 432 g/mol. The van der Waals surface area contributed by atoms with Crippen LogP contribution in [0.4, 0.5) is 23.0 Å². The van der Waals surface area contributed by atoms with E-state index in [2.05, 4.69) is 49.4 Å². The minimum Gasteiger partial charge on any atom is -0.393 e. The first-order chi connectivity index (χ1) is 16.3. The summed E-state index contributed by atoms with van der Waals surface area (Å²) in [4.78, 5) is 15.7. The Labute approximate surface area is 192 Å². The fraction of sp³-hybridized carbons (Fsp3) is 0.0741. The van der Waals surface area contributed by atoms with Gasteiger partial charge in [-0.1, -0.05) is 78.9 Å². The predicted octanol–water partition coefficient (Wildman–Crippen LogP) is 5.56. The van der Waals surface area contributed by atoms with Gasteiger partial charge in [0.2, 0.25) is 0 Å². The summed E-state index contributed by atoms with van der Waals surface area (Å²) in [5.74, 6) is 1.25. The van der Waals surface area contributed by atoms with Gasteiger partial charge in [0.25, 0.3) is 0 Å². The van der Waals surface area contributed by atoms with Crippen molar-refractivity contribution < 1.29 is 0 Å². The Balaban J connectivity index is 1.51. The van der Waals surface area contributed by atoms with Gasteiger partial charge in [0, 0.05) is 24.7 Å². The summed E-state index contributed by atoms with van der Waals surface area (Å²) in [5, 5.41) is 4.42.